The number of hydrogen-bond acceptors (Lipinski definition) is 6. The molecule has 0 unspecified atom stereocenters. The molecule has 4 heterocycles. The summed E-state index contributed by atoms with van der Waals surface area (Å²) in [5.74, 6) is 0.0847. The second-order valence-corrected chi connectivity index (χ2v) is 23.1. The molecular weight excluding hydrogens is 1020 g/mol. The third-order valence-corrected chi connectivity index (χ3v) is 18.8. The Morgan fingerprint density at radius 2 is 0.889 bits per heavy atom. The van der Waals surface area contributed by atoms with Crippen molar-refractivity contribution in [3.63, 3.8) is 0 Å². The van der Waals surface area contributed by atoms with Crippen molar-refractivity contribution >= 4 is 115 Å². The Bertz CT molecular complexity index is 4210. The lowest BCUT2D eigenvalue weighted by Gasteiger charge is -2.46. The zero-order chi connectivity index (χ0) is 54.0. The summed E-state index contributed by atoms with van der Waals surface area (Å²) in [7, 11) is 0. The van der Waals surface area contributed by atoms with Gasteiger partial charge >= 0.3 is 0 Å². The molecule has 0 spiro atoms. The first-order valence-corrected chi connectivity index (χ1v) is 29.4. The highest BCUT2D eigenvalue weighted by molar-refractivity contribution is 8.28. The number of anilines is 11. The minimum atomic E-state index is -0.172. The molecule has 8 heteroatoms. The van der Waals surface area contributed by atoms with Crippen LogP contribution in [0.15, 0.2) is 323 Å². The lowest BCUT2D eigenvalue weighted by molar-refractivity contribution is 1.17. The standard InChI is InChI=1S/C73H52B2N4S2/c1-50-66(49-70-51(2)75-72-62(61-40-22-26-44-69(61)81-75)45-58(48-71(72)80-70)76(53-29-11-4-12-30-53)54-31-13-5-14-32-54)79(64-42-24-21-39-60(64)52-27-9-3-10-28-52)68-47-59(77(55-33-15-6-16-34-55)56-35-17-7-18-36-56)46-67-73(68)74(50)63-41-23-25-43-65(63)78(67)57-37-19-8-20-38-57/h3-49H,1H2,2H3/b66-49+. The van der Waals surface area contributed by atoms with E-state index in [9.17, 15) is 0 Å². The van der Waals surface area contributed by atoms with E-state index in [-0.39, 0.29) is 12.7 Å². The molecule has 0 aromatic heterocycles. The molecule has 0 atom stereocenters. The molecule has 0 amide bonds. The highest BCUT2D eigenvalue weighted by Gasteiger charge is 2.46. The number of fused-ring (bicyclic) bond motifs is 4. The largest absolute Gasteiger partial charge is 0.311 e. The zero-order valence-electron chi connectivity index (χ0n) is 44.6. The van der Waals surface area contributed by atoms with Gasteiger partial charge in [-0.25, -0.2) is 0 Å². The minimum Gasteiger partial charge on any atom is -0.311 e. The Balaban J connectivity index is 1.01. The van der Waals surface area contributed by atoms with Crippen molar-refractivity contribution in [2.45, 2.75) is 16.7 Å². The van der Waals surface area contributed by atoms with Crippen molar-refractivity contribution in [3.8, 4) is 22.3 Å². The fraction of sp³-hybridized carbons (Fsp3) is 0.0137. The van der Waals surface area contributed by atoms with Gasteiger partial charge in [0.2, 0.25) is 0 Å². The molecule has 0 saturated carbocycles. The van der Waals surface area contributed by atoms with Gasteiger partial charge in [0.1, 0.15) is 0 Å². The van der Waals surface area contributed by atoms with Crippen molar-refractivity contribution in [1.29, 1.82) is 0 Å². The number of hydrogen-bond donors (Lipinski definition) is 0. The maximum absolute atomic E-state index is 5.30. The van der Waals surface area contributed by atoms with Gasteiger partial charge in [-0.3, -0.25) is 0 Å². The molecule has 11 aromatic rings. The first kappa shape index (κ1) is 48.8. The van der Waals surface area contributed by atoms with Gasteiger partial charge < -0.3 is 19.6 Å². The number of nitrogens with zero attached hydrogens (tertiary/aromatic N) is 4. The van der Waals surface area contributed by atoms with Crippen LogP contribution in [0.25, 0.3) is 22.3 Å². The van der Waals surface area contributed by atoms with Gasteiger partial charge in [-0.15, -0.1) is 6.58 Å². The molecule has 11 aromatic carbocycles. The SMILES string of the molecule is C=C1B2c3ccccc3N(c3ccccc3)c3cc(N(c4ccccc4)c4ccccc4)cc(c32)N(c2ccccc2-c2ccccc2)/C1=C/C1=C(C)B2Sc3ccccc3-c3cc(N(c4ccccc4)c4ccccc4)cc(c32)S1. The normalized spacial score (nSPS) is 14.3. The fourth-order valence-corrected chi connectivity index (χ4v) is 15.4. The second kappa shape index (κ2) is 20.4. The van der Waals surface area contributed by atoms with Gasteiger partial charge in [0.25, 0.3) is 12.7 Å². The second-order valence-electron chi connectivity index (χ2n) is 20.9. The van der Waals surface area contributed by atoms with Crippen LogP contribution in [0.1, 0.15) is 6.92 Å². The minimum absolute atomic E-state index is 0.0847. The van der Waals surface area contributed by atoms with E-state index in [0.29, 0.717) is 0 Å². The molecule has 81 heavy (non-hydrogen) atoms. The van der Waals surface area contributed by atoms with Gasteiger partial charge in [0.15, 0.2) is 0 Å². The molecule has 0 N–H and O–H groups in total. The molecule has 0 aliphatic carbocycles. The fourth-order valence-electron chi connectivity index (χ4n) is 12.6. The zero-order valence-corrected chi connectivity index (χ0v) is 46.2. The summed E-state index contributed by atoms with van der Waals surface area (Å²) in [5.41, 5.74) is 24.2. The quantitative estimate of drug-likeness (QED) is 0.126. The summed E-state index contributed by atoms with van der Waals surface area (Å²) in [4.78, 5) is 13.6. The van der Waals surface area contributed by atoms with Gasteiger partial charge in [-0.2, -0.15) is 11.6 Å². The molecule has 15 rings (SSSR count). The van der Waals surface area contributed by atoms with E-state index in [1.54, 1.807) is 0 Å². The maximum atomic E-state index is 5.30. The van der Waals surface area contributed by atoms with E-state index in [1.165, 1.54) is 47.7 Å². The average Bonchev–Trinajstić information content (AvgIpc) is 3.20. The molecule has 4 aliphatic heterocycles. The van der Waals surface area contributed by atoms with Crippen molar-refractivity contribution in [2.75, 3.05) is 19.6 Å². The van der Waals surface area contributed by atoms with Crippen molar-refractivity contribution < 1.29 is 0 Å². The topological polar surface area (TPSA) is 13.0 Å². The van der Waals surface area contributed by atoms with E-state index in [1.807, 2.05) is 23.4 Å². The number of thioether (sulfide) groups is 1. The monoisotopic (exact) mass is 1070 g/mol. The first-order chi connectivity index (χ1) is 40.1. The molecule has 0 saturated heterocycles. The maximum Gasteiger partial charge on any atom is 0.279 e. The summed E-state index contributed by atoms with van der Waals surface area (Å²) in [6, 6.07) is 102. The lowest BCUT2D eigenvalue weighted by Crippen LogP contribution is -2.56. The van der Waals surface area contributed by atoms with E-state index in [0.717, 1.165) is 84.9 Å². The third kappa shape index (κ3) is 8.36. The van der Waals surface area contributed by atoms with E-state index < -0.39 is 0 Å². The first-order valence-electron chi connectivity index (χ1n) is 27.7. The van der Waals surface area contributed by atoms with Gasteiger partial charge in [-0.05, 0) is 149 Å². The van der Waals surface area contributed by atoms with Crippen LogP contribution in [0.4, 0.5) is 62.6 Å². The van der Waals surface area contributed by atoms with E-state index in [4.69, 9.17) is 6.58 Å². The molecule has 382 valence electrons. The average molecular weight is 1070 g/mol. The Kier molecular flexibility index (Phi) is 12.3. The highest BCUT2D eigenvalue weighted by Crippen LogP contribution is 2.54. The summed E-state index contributed by atoms with van der Waals surface area (Å²) in [6.07, 6.45) is 2.50. The summed E-state index contributed by atoms with van der Waals surface area (Å²) in [5, 5.41) is 0. The number of para-hydroxylation sites is 7. The van der Waals surface area contributed by atoms with Crippen LogP contribution in [0.5, 0.6) is 0 Å². The van der Waals surface area contributed by atoms with Crippen LogP contribution in [-0.4, -0.2) is 12.7 Å². The summed E-state index contributed by atoms with van der Waals surface area (Å²) < 4.78 is 0. The van der Waals surface area contributed by atoms with Crippen LogP contribution in [-0.2, 0) is 0 Å². The predicted octanol–water partition coefficient (Wildman–Crippen LogP) is 18.4. The molecule has 4 nitrogen and oxygen atoms in total. The van der Waals surface area contributed by atoms with Crippen molar-refractivity contribution in [1.82, 2.24) is 0 Å². The number of allylic oxidation sites excluding steroid dienone is 3. The third-order valence-electron chi connectivity index (χ3n) is 16.2. The summed E-state index contributed by atoms with van der Waals surface area (Å²) in [6.45, 7) is 7.50. The molecule has 0 radical (unpaired) electrons. The van der Waals surface area contributed by atoms with Crippen LogP contribution in [0.3, 0.4) is 0 Å². The number of benzene rings is 11. The Morgan fingerprint density at radius 3 is 1.49 bits per heavy atom. The Morgan fingerprint density at radius 1 is 0.407 bits per heavy atom. The molecule has 0 fully saturated rings. The molecular formula is C73H52B2N4S2. The van der Waals surface area contributed by atoms with Crippen molar-refractivity contribution in [3.05, 3.63) is 313 Å². The van der Waals surface area contributed by atoms with E-state index >= 15 is 0 Å². The Labute approximate surface area is 483 Å². The number of rotatable bonds is 10. The smallest absolute Gasteiger partial charge is 0.279 e. The lowest BCUT2D eigenvalue weighted by atomic mass is 9.32. The van der Waals surface area contributed by atoms with E-state index in [2.05, 4.69) is 312 Å². The van der Waals surface area contributed by atoms with Crippen LogP contribution in [0, 0.1) is 0 Å². The van der Waals surface area contributed by atoms with Crippen LogP contribution >= 0.6 is 23.4 Å². The van der Waals surface area contributed by atoms with Gasteiger partial charge in [0.05, 0.1) is 11.4 Å². The Hall–Kier alpha value is -9.33. The van der Waals surface area contributed by atoms with Crippen molar-refractivity contribution in [2.24, 2.45) is 0 Å². The van der Waals surface area contributed by atoms with Crippen LogP contribution < -0.4 is 36.0 Å². The highest BCUT2D eigenvalue weighted by atomic mass is 32.2. The van der Waals surface area contributed by atoms with Gasteiger partial charge in [0, 0.05) is 77.1 Å². The molecule has 4 aliphatic rings. The summed E-state index contributed by atoms with van der Waals surface area (Å²) >= 11 is 3.87. The predicted molar refractivity (Wildman–Crippen MR) is 348 cm³/mol. The van der Waals surface area contributed by atoms with Crippen LogP contribution in [0.2, 0.25) is 0 Å². The molecule has 0 bridgehead atoms. The van der Waals surface area contributed by atoms with Gasteiger partial charge in [-0.1, -0.05) is 199 Å².